The molecular weight excluding hydrogens is 516 g/mol. The van der Waals surface area contributed by atoms with Gasteiger partial charge in [0, 0.05) is 17.8 Å². The van der Waals surface area contributed by atoms with Crippen molar-refractivity contribution in [3.63, 3.8) is 0 Å². The van der Waals surface area contributed by atoms with Crippen molar-refractivity contribution < 1.29 is 23.8 Å². The van der Waals surface area contributed by atoms with E-state index in [1.807, 2.05) is 85.8 Å². The number of hydrogen-bond donors (Lipinski definition) is 1. The summed E-state index contributed by atoms with van der Waals surface area (Å²) in [6, 6.07) is 30.6. The first-order valence-electron chi connectivity index (χ1n) is 13.5. The highest BCUT2D eigenvalue weighted by atomic mass is 16.5. The molecule has 2 amide bonds. The summed E-state index contributed by atoms with van der Waals surface area (Å²) < 4.78 is 17.5. The van der Waals surface area contributed by atoms with Gasteiger partial charge < -0.3 is 24.4 Å². The van der Waals surface area contributed by atoms with Crippen molar-refractivity contribution in [2.75, 3.05) is 23.4 Å². The van der Waals surface area contributed by atoms with Crippen molar-refractivity contribution in [1.82, 2.24) is 0 Å². The third-order valence-corrected chi connectivity index (χ3v) is 6.60. The second-order valence-corrected chi connectivity index (χ2v) is 9.76. The van der Waals surface area contributed by atoms with Crippen LogP contribution in [0.2, 0.25) is 0 Å². The van der Waals surface area contributed by atoms with Crippen LogP contribution in [0.25, 0.3) is 6.08 Å². The highest BCUT2D eigenvalue weighted by molar-refractivity contribution is 6.03. The topological polar surface area (TPSA) is 77.1 Å². The van der Waals surface area contributed by atoms with Crippen LogP contribution in [-0.4, -0.2) is 31.1 Å². The van der Waals surface area contributed by atoms with Gasteiger partial charge in [0.2, 0.25) is 5.91 Å². The van der Waals surface area contributed by atoms with E-state index in [1.165, 1.54) is 6.08 Å². The standard InChI is InChI=1S/C34H32N2O5/c1-24-8-14-29(15-9-24)39-21-20-36-31-18-13-28(22-32(31)41-25(2)34(36)38)35-33(37)19-12-26-10-16-30(17-11-26)40-23-27-6-4-3-5-7-27/h3-19,22,25H,20-21,23H2,1-2H3,(H,35,37)/b19-12+. The van der Waals surface area contributed by atoms with Gasteiger partial charge in [-0.15, -0.1) is 0 Å². The lowest BCUT2D eigenvalue weighted by atomic mass is 10.1. The Morgan fingerprint density at radius 1 is 0.927 bits per heavy atom. The first-order chi connectivity index (χ1) is 19.9. The molecule has 0 saturated carbocycles. The number of carbonyl (C=O) groups is 2. The van der Waals surface area contributed by atoms with Crippen molar-refractivity contribution in [2.24, 2.45) is 0 Å². The molecule has 0 spiro atoms. The molecule has 4 aromatic carbocycles. The maximum atomic E-state index is 12.8. The van der Waals surface area contributed by atoms with Crippen LogP contribution in [0.1, 0.15) is 23.6 Å². The fourth-order valence-corrected chi connectivity index (χ4v) is 4.38. The predicted molar refractivity (Wildman–Crippen MR) is 160 cm³/mol. The van der Waals surface area contributed by atoms with E-state index in [0.29, 0.717) is 36.9 Å². The molecule has 0 aliphatic carbocycles. The van der Waals surface area contributed by atoms with Gasteiger partial charge in [0.1, 0.15) is 30.5 Å². The number of rotatable bonds is 10. The molecule has 0 radical (unpaired) electrons. The highest BCUT2D eigenvalue weighted by Crippen LogP contribution is 2.36. The summed E-state index contributed by atoms with van der Waals surface area (Å²) in [6.45, 7) is 4.94. The van der Waals surface area contributed by atoms with E-state index in [4.69, 9.17) is 14.2 Å². The number of nitrogens with zero attached hydrogens (tertiary/aromatic N) is 1. The number of aryl methyl sites for hydroxylation is 1. The van der Waals surface area contributed by atoms with Gasteiger partial charge in [0.25, 0.3) is 5.91 Å². The molecular formula is C34H32N2O5. The molecule has 208 valence electrons. The first kappa shape index (κ1) is 27.5. The van der Waals surface area contributed by atoms with Crippen LogP contribution in [0.5, 0.6) is 17.2 Å². The molecule has 1 unspecified atom stereocenters. The summed E-state index contributed by atoms with van der Waals surface area (Å²) in [5, 5.41) is 2.86. The zero-order valence-electron chi connectivity index (χ0n) is 23.1. The third-order valence-electron chi connectivity index (χ3n) is 6.60. The zero-order valence-corrected chi connectivity index (χ0v) is 23.1. The number of amides is 2. The maximum absolute atomic E-state index is 12.8. The Kier molecular flexibility index (Phi) is 8.64. The average Bonchev–Trinajstić information content (AvgIpc) is 2.99. The Bertz CT molecular complexity index is 1520. The van der Waals surface area contributed by atoms with Gasteiger partial charge in [0.05, 0.1) is 12.2 Å². The summed E-state index contributed by atoms with van der Waals surface area (Å²) in [6.07, 6.45) is 2.57. The van der Waals surface area contributed by atoms with Crippen LogP contribution in [0.4, 0.5) is 11.4 Å². The van der Waals surface area contributed by atoms with Gasteiger partial charge >= 0.3 is 0 Å². The fraction of sp³-hybridized carbons (Fsp3) is 0.176. The molecule has 7 nitrogen and oxygen atoms in total. The average molecular weight is 549 g/mol. The summed E-state index contributed by atoms with van der Waals surface area (Å²) >= 11 is 0. The van der Waals surface area contributed by atoms with Crippen LogP contribution < -0.4 is 24.4 Å². The summed E-state index contributed by atoms with van der Waals surface area (Å²) in [5.41, 5.74) is 4.34. The van der Waals surface area contributed by atoms with E-state index in [9.17, 15) is 9.59 Å². The number of anilines is 2. The van der Waals surface area contributed by atoms with Crippen LogP contribution in [-0.2, 0) is 16.2 Å². The van der Waals surface area contributed by atoms with E-state index in [1.54, 1.807) is 36.1 Å². The number of hydrogen-bond acceptors (Lipinski definition) is 5. The predicted octanol–water partition coefficient (Wildman–Crippen LogP) is 6.42. The molecule has 1 atom stereocenters. The Labute approximate surface area is 240 Å². The second kappa shape index (κ2) is 12.9. The Morgan fingerprint density at radius 2 is 1.63 bits per heavy atom. The SMILES string of the molecule is Cc1ccc(OCCN2C(=O)C(C)Oc3cc(NC(=O)/C=C/c4ccc(OCc5ccccc5)cc4)ccc32)cc1. The smallest absolute Gasteiger partial charge is 0.267 e. The van der Waals surface area contributed by atoms with E-state index in [0.717, 1.165) is 28.2 Å². The number of fused-ring (bicyclic) bond motifs is 1. The number of nitrogens with one attached hydrogen (secondary N) is 1. The minimum Gasteiger partial charge on any atom is -0.492 e. The van der Waals surface area contributed by atoms with Crippen molar-refractivity contribution >= 4 is 29.3 Å². The van der Waals surface area contributed by atoms with E-state index in [2.05, 4.69) is 5.32 Å². The molecule has 4 aromatic rings. The van der Waals surface area contributed by atoms with Gasteiger partial charge in [-0.05, 0) is 67.4 Å². The molecule has 0 fully saturated rings. The lowest BCUT2D eigenvalue weighted by Crippen LogP contribution is -2.46. The normalized spacial score (nSPS) is 14.3. The van der Waals surface area contributed by atoms with Gasteiger partial charge in [-0.3, -0.25) is 9.59 Å². The van der Waals surface area contributed by atoms with Gasteiger partial charge in [0.15, 0.2) is 6.10 Å². The Hall–Kier alpha value is -5.04. The van der Waals surface area contributed by atoms with Crippen LogP contribution >= 0.6 is 0 Å². The van der Waals surface area contributed by atoms with Crippen molar-refractivity contribution in [1.29, 1.82) is 0 Å². The second-order valence-electron chi connectivity index (χ2n) is 9.76. The molecule has 7 heteroatoms. The third kappa shape index (κ3) is 7.33. The molecule has 41 heavy (non-hydrogen) atoms. The first-order valence-corrected chi connectivity index (χ1v) is 13.5. The minimum atomic E-state index is -0.646. The summed E-state index contributed by atoms with van der Waals surface area (Å²) in [4.78, 5) is 27.1. The van der Waals surface area contributed by atoms with Crippen LogP contribution in [0, 0.1) is 6.92 Å². The molecule has 5 rings (SSSR count). The van der Waals surface area contributed by atoms with E-state index >= 15 is 0 Å². The molecule has 0 aromatic heterocycles. The fourth-order valence-electron chi connectivity index (χ4n) is 4.38. The van der Waals surface area contributed by atoms with Gasteiger partial charge in [-0.2, -0.15) is 0 Å². The largest absolute Gasteiger partial charge is 0.492 e. The molecule has 0 bridgehead atoms. The van der Waals surface area contributed by atoms with Crippen molar-refractivity contribution in [3.8, 4) is 17.2 Å². The molecule has 1 heterocycles. The maximum Gasteiger partial charge on any atom is 0.267 e. The number of carbonyl (C=O) groups excluding carboxylic acids is 2. The lowest BCUT2D eigenvalue weighted by Gasteiger charge is -2.33. The van der Waals surface area contributed by atoms with Gasteiger partial charge in [-0.25, -0.2) is 0 Å². The van der Waals surface area contributed by atoms with E-state index < -0.39 is 6.10 Å². The van der Waals surface area contributed by atoms with Gasteiger partial charge in [-0.1, -0.05) is 60.2 Å². The Balaban J connectivity index is 1.16. The van der Waals surface area contributed by atoms with Crippen molar-refractivity contribution in [3.05, 3.63) is 120 Å². The molecule has 1 aliphatic heterocycles. The number of benzene rings is 4. The highest BCUT2D eigenvalue weighted by Gasteiger charge is 2.31. The lowest BCUT2D eigenvalue weighted by molar-refractivity contribution is -0.125. The van der Waals surface area contributed by atoms with Crippen LogP contribution in [0.3, 0.4) is 0 Å². The number of ether oxygens (including phenoxy) is 3. The van der Waals surface area contributed by atoms with E-state index in [-0.39, 0.29) is 11.8 Å². The molecule has 0 saturated heterocycles. The zero-order chi connectivity index (χ0) is 28.6. The molecule has 1 aliphatic rings. The molecule has 1 N–H and O–H groups in total. The summed E-state index contributed by atoms with van der Waals surface area (Å²) in [5.74, 6) is 1.62. The monoisotopic (exact) mass is 548 g/mol. The summed E-state index contributed by atoms with van der Waals surface area (Å²) in [7, 11) is 0. The quantitative estimate of drug-likeness (QED) is 0.232. The van der Waals surface area contributed by atoms with Crippen molar-refractivity contribution in [2.45, 2.75) is 26.6 Å². The van der Waals surface area contributed by atoms with Crippen LogP contribution in [0.15, 0.2) is 103 Å². The Morgan fingerprint density at radius 3 is 2.39 bits per heavy atom. The minimum absolute atomic E-state index is 0.138.